The van der Waals surface area contributed by atoms with E-state index in [1.807, 2.05) is 51.1 Å². The third-order valence-electron chi connectivity index (χ3n) is 4.89. The lowest BCUT2D eigenvalue weighted by Gasteiger charge is -2.13. The fourth-order valence-electron chi connectivity index (χ4n) is 3.38. The summed E-state index contributed by atoms with van der Waals surface area (Å²) in [5.41, 5.74) is 4.68. The molecule has 30 heavy (non-hydrogen) atoms. The molecule has 0 atom stereocenters. The van der Waals surface area contributed by atoms with Crippen LogP contribution in [0.15, 0.2) is 47.5 Å². The maximum atomic E-state index is 13.2. The highest BCUT2D eigenvalue weighted by atomic mass is 32.1. The van der Waals surface area contributed by atoms with Gasteiger partial charge in [-0.2, -0.15) is 4.37 Å². The maximum Gasteiger partial charge on any atom is 0.273 e. The van der Waals surface area contributed by atoms with Gasteiger partial charge in [0.1, 0.15) is 28.3 Å². The Labute approximate surface area is 177 Å². The lowest BCUT2D eigenvalue weighted by molar-refractivity contribution is -0.116. The molecule has 4 aromatic rings. The molecule has 3 aromatic heterocycles. The second-order valence-corrected chi connectivity index (χ2v) is 7.86. The Hall–Kier alpha value is -3.39. The second kappa shape index (κ2) is 8.16. The summed E-state index contributed by atoms with van der Waals surface area (Å²) in [7, 11) is 0. The number of hydrogen-bond donors (Lipinski definition) is 1. The summed E-state index contributed by atoms with van der Waals surface area (Å²) in [5, 5.41) is 2.90. The number of pyridine rings is 1. The Kier molecular flexibility index (Phi) is 5.41. The van der Waals surface area contributed by atoms with Gasteiger partial charge in [0.05, 0.1) is 0 Å². The molecule has 3 heterocycles. The van der Waals surface area contributed by atoms with Gasteiger partial charge >= 0.3 is 0 Å². The summed E-state index contributed by atoms with van der Waals surface area (Å²) in [6.45, 7) is 5.76. The monoisotopic (exact) mass is 419 g/mol. The van der Waals surface area contributed by atoms with Gasteiger partial charge in [0.2, 0.25) is 5.91 Å². The van der Waals surface area contributed by atoms with Crippen LogP contribution in [0.2, 0.25) is 0 Å². The van der Waals surface area contributed by atoms with Gasteiger partial charge in [-0.25, -0.2) is 4.98 Å². The van der Waals surface area contributed by atoms with E-state index in [0.717, 1.165) is 33.9 Å². The minimum Gasteiger partial charge on any atom is -0.324 e. The Bertz CT molecular complexity index is 1290. The van der Waals surface area contributed by atoms with E-state index < -0.39 is 0 Å². The van der Waals surface area contributed by atoms with Gasteiger partial charge in [-0.1, -0.05) is 24.6 Å². The zero-order valence-electron chi connectivity index (χ0n) is 17.0. The molecule has 0 spiro atoms. The zero-order valence-corrected chi connectivity index (χ0v) is 17.8. The molecule has 1 amide bonds. The van der Waals surface area contributed by atoms with Crippen molar-refractivity contribution in [1.82, 2.24) is 18.9 Å². The van der Waals surface area contributed by atoms with E-state index in [1.165, 1.54) is 4.57 Å². The highest BCUT2D eigenvalue weighted by molar-refractivity contribution is 7.13. The first-order chi connectivity index (χ1) is 14.5. The lowest BCUT2D eigenvalue weighted by Crippen LogP contribution is -2.30. The van der Waals surface area contributed by atoms with Crippen molar-refractivity contribution >= 4 is 33.3 Å². The summed E-state index contributed by atoms with van der Waals surface area (Å²) in [6, 6.07) is 9.50. The highest BCUT2D eigenvalue weighted by Gasteiger charge is 2.19. The molecule has 1 aromatic carbocycles. The summed E-state index contributed by atoms with van der Waals surface area (Å²) in [6.07, 6.45) is 3.88. The van der Waals surface area contributed by atoms with Crippen molar-refractivity contribution in [2.75, 3.05) is 5.32 Å². The molecule has 0 saturated carbocycles. The first-order valence-electron chi connectivity index (χ1n) is 9.64. The van der Waals surface area contributed by atoms with Crippen LogP contribution in [0.4, 0.5) is 5.69 Å². The van der Waals surface area contributed by atoms with Gasteiger partial charge in [0, 0.05) is 30.1 Å². The number of carbonyl (C=O) groups excluding carboxylic acids is 1. The van der Waals surface area contributed by atoms with E-state index in [0.29, 0.717) is 28.2 Å². The SMILES string of the molecule is CCc1nc2c(-c3ccncc3)nsc2c(=O)n1CC(=O)Nc1ccc(C)cc1C. The molecule has 0 saturated heterocycles. The summed E-state index contributed by atoms with van der Waals surface area (Å²) < 4.78 is 6.33. The summed E-state index contributed by atoms with van der Waals surface area (Å²) in [5.74, 6) is 0.289. The molecule has 0 aliphatic rings. The van der Waals surface area contributed by atoms with Gasteiger partial charge in [-0.15, -0.1) is 0 Å². The number of hydrogen-bond acceptors (Lipinski definition) is 6. The van der Waals surface area contributed by atoms with Crippen molar-refractivity contribution in [3.8, 4) is 11.3 Å². The minimum absolute atomic E-state index is 0.0965. The molecule has 4 rings (SSSR count). The van der Waals surface area contributed by atoms with E-state index in [1.54, 1.807) is 12.4 Å². The van der Waals surface area contributed by atoms with Crippen LogP contribution < -0.4 is 10.9 Å². The number of benzene rings is 1. The summed E-state index contributed by atoms with van der Waals surface area (Å²) >= 11 is 1.11. The van der Waals surface area contributed by atoms with Crippen LogP contribution in [0, 0.1) is 13.8 Å². The van der Waals surface area contributed by atoms with Crippen LogP contribution in [0.1, 0.15) is 23.9 Å². The number of nitrogens with zero attached hydrogens (tertiary/aromatic N) is 4. The predicted octanol–water partition coefficient (Wildman–Crippen LogP) is 3.73. The molecule has 152 valence electrons. The number of rotatable bonds is 5. The first kappa shape index (κ1) is 19.9. The molecular weight excluding hydrogens is 398 g/mol. The number of aryl methyl sites for hydroxylation is 3. The molecule has 8 heteroatoms. The Morgan fingerprint density at radius 3 is 2.63 bits per heavy atom. The van der Waals surface area contributed by atoms with Crippen molar-refractivity contribution in [3.05, 3.63) is 70.0 Å². The lowest BCUT2D eigenvalue weighted by atomic mass is 10.1. The quantitative estimate of drug-likeness (QED) is 0.532. The van der Waals surface area contributed by atoms with Gasteiger partial charge in [0.15, 0.2) is 0 Å². The van der Waals surface area contributed by atoms with Crippen LogP contribution in [-0.4, -0.2) is 24.8 Å². The fraction of sp³-hybridized carbons (Fsp3) is 0.227. The largest absolute Gasteiger partial charge is 0.324 e. The van der Waals surface area contributed by atoms with Crippen LogP contribution in [-0.2, 0) is 17.8 Å². The predicted molar refractivity (Wildman–Crippen MR) is 119 cm³/mol. The van der Waals surface area contributed by atoms with E-state index in [-0.39, 0.29) is 18.0 Å². The maximum absolute atomic E-state index is 13.2. The highest BCUT2D eigenvalue weighted by Crippen LogP contribution is 2.27. The number of nitrogens with one attached hydrogen (secondary N) is 1. The number of aromatic nitrogens is 4. The third-order valence-corrected chi connectivity index (χ3v) is 5.71. The normalized spacial score (nSPS) is 11.0. The van der Waals surface area contributed by atoms with Crippen molar-refractivity contribution in [2.45, 2.75) is 33.7 Å². The summed E-state index contributed by atoms with van der Waals surface area (Å²) in [4.78, 5) is 34.6. The molecule has 1 N–H and O–H groups in total. The number of amides is 1. The molecule has 7 nitrogen and oxygen atoms in total. The number of fused-ring (bicyclic) bond motifs is 1. The van der Waals surface area contributed by atoms with E-state index >= 15 is 0 Å². The van der Waals surface area contributed by atoms with E-state index in [9.17, 15) is 9.59 Å². The Morgan fingerprint density at radius 1 is 1.17 bits per heavy atom. The Morgan fingerprint density at radius 2 is 1.93 bits per heavy atom. The van der Waals surface area contributed by atoms with Gasteiger partial charge in [0.25, 0.3) is 5.56 Å². The van der Waals surface area contributed by atoms with Crippen LogP contribution in [0.25, 0.3) is 21.5 Å². The standard InChI is InChI=1S/C22H21N5O2S/c1-4-17-25-20-19(15-7-9-23-10-8-15)26-30-21(20)22(29)27(17)12-18(28)24-16-6-5-13(2)11-14(16)3/h5-11H,4,12H2,1-3H3,(H,24,28). The molecule has 0 aliphatic heterocycles. The average molecular weight is 420 g/mol. The van der Waals surface area contributed by atoms with Crippen LogP contribution >= 0.6 is 11.5 Å². The Balaban J connectivity index is 1.70. The molecular formula is C22H21N5O2S. The van der Waals surface area contributed by atoms with Crippen LogP contribution in [0.5, 0.6) is 0 Å². The topological polar surface area (TPSA) is 89.8 Å². The van der Waals surface area contributed by atoms with E-state index in [4.69, 9.17) is 4.98 Å². The first-order valence-corrected chi connectivity index (χ1v) is 10.4. The van der Waals surface area contributed by atoms with Gasteiger partial charge < -0.3 is 5.32 Å². The van der Waals surface area contributed by atoms with Gasteiger partial charge in [-0.3, -0.25) is 19.1 Å². The second-order valence-electron chi connectivity index (χ2n) is 7.08. The van der Waals surface area contributed by atoms with Crippen LogP contribution in [0.3, 0.4) is 0 Å². The van der Waals surface area contributed by atoms with E-state index in [2.05, 4.69) is 14.7 Å². The molecule has 0 bridgehead atoms. The average Bonchev–Trinajstić information content (AvgIpc) is 3.17. The smallest absolute Gasteiger partial charge is 0.273 e. The fourth-order valence-corrected chi connectivity index (χ4v) is 4.17. The van der Waals surface area contributed by atoms with Crippen molar-refractivity contribution in [3.63, 3.8) is 0 Å². The number of carbonyl (C=O) groups is 1. The molecule has 0 aliphatic carbocycles. The molecule has 0 fully saturated rings. The molecule has 0 unspecified atom stereocenters. The third kappa shape index (κ3) is 3.73. The zero-order chi connectivity index (χ0) is 21.3. The number of anilines is 1. The van der Waals surface area contributed by atoms with Gasteiger partial charge in [-0.05, 0) is 49.1 Å². The van der Waals surface area contributed by atoms with Crippen molar-refractivity contribution in [1.29, 1.82) is 0 Å². The molecule has 0 radical (unpaired) electrons. The van der Waals surface area contributed by atoms with Crippen molar-refractivity contribution < 1.29 is 4.79 Å². The minimum atomic E-state index is -0.265. The van der Waals surface area contributed by atoms with Crippen molar-refractivity contribution in [2.24, 2.45) is 0 Å².